The van der Waals surface area contributed by atoms with Crippen molar-refractivity contribution in [2.24, 2.45) is 5.92 Å². The van der Waals surface area contributed by atoms with Crippen LogP contribution < -0.4 is 5.32 Å². The van der Waals surface area contributed by atoms with Crippen LogP contribution in [0.2, 0.25) is 0 Å². The molecule has 0 aromatic heterocycles. The van der Waals surface area contributed by atoms with E-state index in [0.29, 0.717) is 6.04 Å². The molecule has 0 amide bonds. The summed E-state index contributed by atoms with van der Waals surface area (Å²) in [6.07, 6.45) is 2.77. The molecule has 1 N–H and O–H groups in total. The second-order valence-corrected chi connectivity index (χ2v) is 6.78. The number of likely N-dealkylation sites (N-methyl/N-ethyl adjacent to an activating group) is 1. The van der Waals surface area contributed by atoms with Crippen LogP contribution in [0.15, 0.2) is 18.2 Å². The summed E-state index contributed by atoms with van der Waals surface area (Å²) in [7, 11) is 2.09. The molecule has 0 heterocycles. The van der Waals surface area contributed by atoms with E-state index in [9.17, 15) is 0 Å². The Bertz CT molecular complexity index is 435. The van der Waals surface area contributed by atoms with Crippen molar-refractivity contribution < 1.29 is 0 Å². The van der Waals surface area contributed by atoms with Crippen molar-refractivity contribution in [3.63, 3.8) is 0 Å². The fourth-order valence-corrected chi connectivity index (χ4v) is 3.08. The molecule has 0 spiro atoms. The third kappa shape index (κ3) is 4.07. The van der Waals surface area contributed by atoms with Gasteiger partial charge < -0.3 is 5.32 Å². The quantitative estimate of drug-likeness (QED) is 0.816. The maximum absolute atomic E-state index is 3.52. The van der Waals surface area contributed by atoms with Gasteiger partial charge >= 0.3 is 0 Å². The molecule has 2 nitrogen and oxygen atoms in total. The van der Waals surface area contributed by atoms with Gasteiger partial charge in [0.15, 0.2) is 0 Å². The number of aryl methyl sites for hydroxylation is 2. The van der Waals surface area contributed by atoms with E-state index in [-0.39, 0.29) is 0 Å². The zero-order valence-electron chi connectivity index (χ0n) is 13.7. The molecule has 20 heavy (non-hydrogen) atoms. The Hall–Kier alpha value is -0.860. The number of benzene rings is 1. The molecule has 0 saturated heterocycles. The number of hydrogen-bond acceptors (Lipinski definition) is 2. The first kappa shape index (κ1) is 15.5. The standard InChI is InChI=1S/C18H30N2/c1-13(2)11-20(16-7-8-16)12-18(19-5)17-9-6-14(3)10-15(17)4/h6,9-10,13,16,18-19H,7-8,11-12H2,1-5H3. The minimum Gasteiger partial charge on any atom is -0.312 e. The van der Waals surface area contributed by atoms with Gasteiger partial charge in [0.2, 0.25) is 0 Å². The molecule has 1 atom stereocenters. The Labute approximate surface area is 124 Å². The number of hydrogen-bond donors (Lipinski definition) is 1. The third-order valence-corrected chi connectivity index (χ3v) is 4.23. The molecular weight excluding hydrogens is 244 g/mol. The molecule has 1 aliphatic carbocycles. The van der Waals surface area contributed by atoms with Gasteiger partial charge in [-0.15, -0.1) is 0 Å². The van der Waals surface area contributed by atoms with E-state index < -0.39 is 0 Å². The van der Waals surface area contributed by atoms with Crippen LogP contribution in [-0.4, -0.2) is 31.1 Å². The van der Waals surface area contributed by atoms with Gasteiger partial charge in [-0.05, 0) is 50.8 Å². The predicted octanol–water partition coefficient (Wildman–Crippen LogP) is 3.68. The molecule has 112 valence electrons. The molecule has 2 heteroatoms. The Morgan fingerprint density at radius 2 is 1.90 bits per heavy atom. The summed E-state index contributed by atoms with van der Waals surface area (Å²) in [6, 6.07) is 8.10. The fourth-order valence-electron chi connectivity index (χ4n) is 3.08. The van der Waals surface area contributed by atoms with Gasteiger partial charge in [-0.3, -0.25) is 4.90 Å². The summed E-state index contributed by atoms with van der Waals surface area (Å²) in [4.78, 5) is 2.69. The van der Waals surface area contributed by atoms with Crippen molar-refractivity contribution in [1.82, 2.24) is 10.2 Å². The Morgan fingerprint density at radius 3 is 2.40 bits per heavy atom. The second kappa shape index (κ2) is 6.73. The lowest BCUT2D eigenvalue weighted by Crippen LogP contribution is -2.37. The van der Waals surface area contributed by atoms with E-state index in [1.807, 2.05) is 0 Å². The van der Waals surface area contributed by atoms with Crippen molar-refractivity contribution in [1.29, 1.82) is 0 Å². The normalized spacial score (nSPS) is 16.9. The zero-order chi connectivity index (χ0) is 14.7. The van der Waals surface area contributed by atoms with Gasteiger partial charge in [0.25, 0.3) is 0 Å². The first-order chi connectivity index (χ1) is 9.51. The average molecular weight is 274 g/mol. The highest BCUT2D eigenvalue weighted by Crippen LogP contribution is 2.30. The fraction of sp³-hybridized carbons (Fsp3) is 0.667. The van der Waals surface area contributed by atoms with Crippen LogP contribution in [0.5, 0.6) is 0 Å². The van der Waals surface area contributed by atoms with Gasteiger partial charge in [-0.25, -0.2) is 0 Å². The Balaban J connectivity index is 2.10. The maximum Gasteiger partial charge on any atom is 0.0449 e. The van der Waals surface area contributed by atoms with Gasteiger partial charge in [-0.1, -0.05) is 37.6 Å². The van der Waals surface area contributed by atoms with Crippen LogP contribution in [0, 0.1) is 19.8 Å². The van der Waals surface area contributed by atoms with E-state index in [2.05, 4.69) is 63.2 Å². The molecule has 0 bridgehead atoms. The van der Waals surface area contributed by atoms with Crippen LogP contribution in [0.3, 0.4) is 0 Å². The molecule has 1 aromatic rings. The monoisotopic (exact) mass is 274 g/mol. The lowest BCUT2D eigenvalue weighted by Gasteiger charge is -2.30. The van der Waals surface area contributed by atoms with E-state index in [1.165, 1.54) is 36.1 Å². The van der Waals surface area contributed by atoms with Crippen LogP contribution in [-0.2, 0) is 0 Å². The third-order valence-electron chi connectivity index (χ3n) is 4.23. The minimum atomic E-state index is 0.440. The lowest BCUT2D eigenvalue weighted by atomic mass is 9.98. The lowest BCUT2D eigenvalue weighted by molar-refractivity contribution is 0.212. The highest BCUT2D eigenvalue weighted by atomic mass is 15.2. The first-order valence-corrected chi connectivity index (χ1v) is 7.99. The Kier molecular flexibility index (Phi) is 5.22. The summed E-state index contributed by atoms with van der Waals surface area (Å²) in [6.45, 7) is 11.4. The summed E-state index contributed by atoms with van der Waals surface area (Å²) in [5, 5.41) is 3.52. The maximum atomic E-state index is 3.52. The second-order valence-electron chi connectivity index (χ2n) is 6.78. The highest BCUT2D eigenvalue weighted by molar-refractivity contribution is 5.33. The van der Waals surface area contributed by atoms with E-state index in [4.69, 9.17) is 0 Å². The molecule has 1 fully saturated rings. The van der Waals surface area contributed by atoms with Crippen LogP contribution in [0.4, 0.5) is 0 Å². The van der Waals surface area contributed by atoms with Crippen LogP contribution in [0.1, 0.15) is 49.4 Å². The SMILES string of the molecule is CNC(CN(CC(C)C)C1CC1)c1ccc(C)cc1C. The molecule has 1 aliphatic rings. The molecule has 0 radical (unpaired) electrons. The number of nitrogens with one attached hydrogen (secondary N) is 1. The van der Waals surface area contributed by atoms with Gasteiger partial charge in [0.1, 0.15) is 0 Å². The topological polar surface area (TPSA) is 15.3 Å². The van der Waals surface area contributed by atoms with E-state index in [0.717, 1.165) is 18.5 Å². The summed E-state index contributed by atoms with van der Waals surface area (Å²) in [5.41, 5.74) is 4.21. The molecule has 1 saturated carbocycles. The summed E-state index contributed by atoms with van der Waals surface area (Å²) >= 11 is 0. The molecule has 0 aliphatic heterocycles. The first-order valence-electron chi connectivity index (χ1n) is 7.99. The molecule has 2 rings (SSSR count). The van der Waals surface area contributed by atoms with Gasteiger partial charge in [0.05, 0.1) is 0 Å². The summed E-state index contributed by atoms with van der Waals surface area (Å²) in [5.74, 6) is 0.743. The van der Waals surface area contributed by atoms with Gasteiger partial charge in [0, 0.05) is 25.2 Å². The van der Waals surface area contributed by atoms with Crippen molar-refractivity contribution >= 4 is 0 Å². The predicted molar refractivity (Wildman–Crippen MR) is 87.1 cm³/mol. The molecule has 1 unspecified atom stereocenters. The smallest absolute Gasteiger partial charge is 0.0449 e. The highest BCUT2D eigenvalue weighted by Gasteiger charge is 2.31. The molecular formula is C18H30N2. The number of nitrogens with zero attached hydrogens (tertiary/aromatic N) is 1. The Morgan fingerprint density at radius 1 is 1.20 bits per heavy atom. The average Bonchev–Trinajstić information content (AvgIpc) is 3.19. The van der Waals surface area contributed by atoms with E-state index >= 15 is 0 Å². The van der Waals surface area contributed by atoms with Crippen molar-refractivity contribution in [3.05, 3.63) is 34.9 Å². The summed E-state index contributed by atoms with van der Waals surface area (Å²) < 4.78 is 0. The van der Waals surface area contributed by atoms with Crippen LogP contribution >= 0.6 is 0 Å². The van der Waals surface area contributed by atoms with E-state index in [1.54, 1.807) is 0 Å². The molecule has 1 aromatic carbocycles. The number of rotatable bonds is 7. The van der Waals surface area contributed by atoms with Crippen molar-refractivity contribution in [2.75, 3.05) is 20.1 Å². The zero-order valence-corrected chi connectivity index (χ0v) is 13.7. The van der Waals surface area contributed by atoms with Crippen molar-refractivity contribution in [3.8, 4) is 0 Å². The van der Waals surface area contributed by atoms with Gasteiger partial charge in [-0.2, -0.15) is 0 Å². The van der Waals surface area contributed by atoms with Crippen LogP contribution in [0.25, 0.3) is 0 Å². The largest absolute Gasteiger partial charge is 0.312 e. The minimum absolute atomic E-state index is 0.440. The van der Waals surface area contributed by atoms with Crippen molar-refractivity contribution in [2.45, 2.75) is 52.6 Å².